The Hall–Kier alpha value is -1.39. The molecule has 0 saturated carbocycles. The van der Waals surface area contributed by atoms with Gasteiger partial charge in [-0.1, -0.05) is 45.7 Å². The zero-order valence-electron chi connectivity index (χ0n) is 10.3. The molecule has 5 heteroatoms. The number of pyridine rings is 1. The number of benzene rings is 1. The Bertz CT molecular complexity index is 604. The monoisotopic (exact) mass is 338 g/mol. The molecule has 2 rings (SSSR count). The number of aromatic nitrogens is 1. The molecular weight excluding hydrogens is 328 g/mol. The van der Waals surface area contributed by atoms with Gasteiger partial charge < -0.3 is 4.90 Å². The van der Waals surface area contributed by atoms with Gasteiger partial charge in [0.2, 0.25) is 0 Å². The van der Waals surface area contributed by atoms with Gasteiger partial charge in [-0.25, -0.2) is 0 Å². The summed E-state index contributed by atoms with van der Waals surface area (Å²) in [7, 11) is 1.75. The average Bonchev–Trinajstić information content (AvgIpc) is 2.41. The van der Waals surface area contributed by atoms with Crippen molar-refractivity contribution >= 4 is 33.4 Å². The van der Waals surface area contributed by atoms with Crippen molar-refractivity contribution < 1.29 is 4.79 Å². The topological polar surface area (TPSA) is 33.2 Å². The number of carbonyl (C=O) groups is 1. The normalized spacial score (nSPS) is 10.3. The van der Waals surface area contributed by atoms with Gasteiger partial charge in [0.25, 0.3) is 5.91 Å². The van der Waals surface area contributed by atoms with Crippen LogP contribution in [0.3, 0.4) is 0 Å². The number of halogens is 2. The number of amides is 1. The van der Waals surface area contributed by atoms with Crippen molar-refractivity contribution in [2.45, 2.75) is 6.54 Å². The highest BCUT2D eigenvalue weighted by atomic mass is 79.9. The van der Waals surface area contributed by atoms with E-state index in [1.165, 1.54) is 6.20 Å². The first-order chi connectivity index (χ1) is 9.09. The molecular formula is C14H12BrClN2O. The van der Waals surface area contributed by atoms with Crippen LogP contribution >= 0.6 is 27.5 Å². The Morgan fingerprint density at radius 1 is 1.37 bits per heavy atom. The second-order valence-electron chi connectivity index (χ2n) is 4.11. The third-order valence-corrected chi connectivity index (χ3v) is 3.79. The summed E-state index contributed by atoms with van der Waals surface area (Å²) in [5, 5.41) is 0.367. The maximum absolute atomic E-state index is 12.3. The van der Waals surface area contributed by atoms with Crippen molar-refractivity contribution in [3.8, 4) is 0 Å². The molecule has 0 spiro atoms. The summed E-state index contributed by atoms with van der Waals surface area (Å²) in [5.74, 6) is -0.122. The molecule has 1 aromatic heterocycles. The van der Waals surface area contributed by atoms with Crippen LogP contribution < -0.4 is 0 Å². The van der Waals surface area contributed by atoms with Gasteiger partial charge in [-0.15, -0.1) is 0 Å². The van der Waals surface area contributed by atoms with E-state index in [1.54, 1.807) is 24.2 Å². The van der Waals surface area contributed by atoms with Crippen LogP contribution in [0.25, 0.3) is 0 Å². The highest BCUT2D eigenvalue weighted by Crippen LogP contribution is 2.20. The van der Waals surface area contributed by atoms with E-state index >= 15 is 0 Å². The Morgan fingerprint density at radius 3 is 2.79 bits per heavy atom. The molecule has 0 aliphatic heterocycles. The lowest BCUT2D eigenvalue weighted by molar-refractivity contribution is 0.0785. The molecule has 0 aliphatic carbocycles. The molecule has 2 aromatic rings. The Labute approximate surface area is 125 Å². The third kappa shape index (κ3) is 3.33. The fourth-order valence-electron chi connectivity index (χ4n) is 1.71. The van der Waals surface area contributed by atoms with Crippen molar-refractivity contribution in [1.82, 2.24) is 9.88 Å². The van der Waals surface area contributed by atoms with Crippen molar-refractivity contribution in [2.75, 3.05) is 7.05 Å². The van der Waals surface area contributed by atoms with Crippen LogP contribution in [0.5, 0.6) is 0 Å². The van der Waals surface area contributed by atoms with E-state index in [4.69, 9.17) is 11.6 Å². The SMILES string of the molecule is CN(Cc1ccccc1Br)C(=O)c1ccncc1Cl. The average molecular weight is 340 g/mol. The fourth-order valence-corrected chi connectivity index (χ4v) is 2.32. The lowest BCUT2D eigenvalue weighted by Crippen LogP contribution is -2.26. The molecule has 0 fully saturated rings. The van der Waals surface area contributed by atoms with Gasteiger partial charge in [-0.2, -0.15) is 0 Å². The summed E-state index contributed by atoms with van der Waals surface area (Å²) in [6, 6.07) is 9.43. The molecule has 3 nitrogen and oxygen atoms in total. The summed E-state index contributed by atoms with van der Waals surface area (Å²) >= 11 is 9.45. The largest absolute Gasteiger partial charge is 0.337 e. The van der Waals surface area contributed by atoms with Crippen molar-refractivity contribution in [3.63, 3.8) is 0 Å². The highest BCUT2D eigenvalue weighted by Gasteiger charge is 2.15. The van der Waals surface area contributed by atoms with Crippen LogP contribution in [-0.2, 0) is 6.54 Å². The third-order valence-electron chi connectivity index (χ3n) is 2.71. The van der Waals surface area contributed by atoms with Crippen LogP contribution in [0.1, 0.15) is 15.9 Å². The minimum Gasteiger partial charge on any atom is -0.337 e. The van der Waals surface area contributed by atoms with Crippen molar-refractivity contribution in [2.24, 2.45) is 0 Å². The van der Waals surface area contributed by atoms with E-state index in [9.17, 15) is 4.79 Å². The van der Waals surface area contributed by atoms with Crippen LogP contribution in [0.4, 0.5) is 0 Å². The Balaban J connectivity index is 2.17. The Kier molecular flexibility index (Phi) is 4.56. The van der Waals surface area contributed by atoms with Crippen LogP contribution in [-0.4, -0.2) is 22.8 Å². The van der Waals surface area contributed by atoms with E-state index in [0.29, 0.717) is 17.1 Å². The maximum atomic E-state index is 12.3. The molecule has 0 bridgehead atoms. The molecule has 0 N–H and O–H groups in total. The molecule has 1 heterocycles. The molecule has 0 unspecified atom stereocenters. The van der Waals surface area contributed by atoms with Crippen molar-refractivity contribution in [1.29, 1.82) is 0 Å². The first kappa shape index (κ1) is 14.0. The van der Waals surface area contributed by atoms with Gasteiger partial charge in [-0.05, 0) is 17.7 Å². The smallest absolute Gasteiger partial charge is 0.255 e. The molecule has 0 saturated heterocycles. The first-order valence-corrected chi connectivity index (χ1v) is 6.85. The van der Waals surface area contributed by atoms with Crippen LogP contribution in [0, 0.1) is 0 Å². The van der Waals surface area contributed by atoms with Crippen molar-refractivity contribution in [3.05, 3.63) is 63.3 Å². The number of nitrogens with zero attached hydrogens (tertiary/aromatic N) is 2. The van der Waals surface area contributed by atoms with Gasteiger partial charge in [0, 0.05) is 30.5 Å². The molecule has 0 radical (unpaired) electrons. The van der Waals surface area contributed by atoms with Gasteiger partial charge in [0.15, 0.2) is 0 Å². The van der Waals surface area contributed by atoms with E-state index in [0.717, 1.165) is 10.0 Å². The van der Waals surface area contributed by atoms with E-state index in [2.05, 4.69) is 20.9 Å². The van der Waals surface area contributed by atoms with Gasteiger partial charge in [0.1, 0.15) is 0 Å². The summed E-state index contributed by atoms with van der Waals surface area (Å²) in [6.45, 7) is 0.513. The zero-order chi connectivity index (χ0) is 13.8. The number of hydrogen-bond donors (Lipinski definition) is 0. The summed E-state index contributed by atoms with van der Waals surface area (Å²) in [5.41, 5.74) is 1.51. The second-order valence-corrected chi connectivity index (χ2v) is 5.37. The molecule has 0 atom stereocenters. The predicted molar refractivity (Wildman–Crippen MR) is 79.2 cm³/mol. The summed E-state index contributed by atoms with van der Waals surface area (Å²) in [6.07, 6.45) is 3.03. The molecule has 1 aromatic carbocycles. The molecule has 19 heavy (non-hydrogen) atoms. The quantitative estimate of drug-likeness (QED) is 0.853. The second kappa shape index (κ2) is 6.17. The number of hydrogen-bond acceptors (Lipinski definition) is 2. The molecule has 0 aliphatic rings. The van der Waals surface area contributed by atoms with Gasteiger partial charge in [-0.3, -0.25) is 9.78 Å². The first-order valence-electron chi connectivity index (χ1n) is 5.68. The van der Waals surface area contributed by atoms with E-state index in [1.807, 2.05) is 24.3 Å². The van der Waals surface area contributed by atoms with E-state index < -0.39 is 0 Å². The lowest BCUT2D eigenvalue weighted by Gasteiger charge is -2.18. The number of rotatable bonds is 3. The molecule has 98 valence electrons. The zero-order valence-corrected chi connectivity index (χ0v) is 12.6. The summed E-state index contributed by atoms with van der Waals surface area (Å²) in [4.78, 5) is 17.8. The standard InChI is InChI=1S/C14H12BrClN2O/c1-18(9-10-4-2-3-5-12(10)15)14(19)11-6-7-17-8-13(11)16/h2-8H,9H2,1H3. The highest BCUT2D eigenvalue weighted by molar-refractivity contribution is 9.10. The fraction of sp³-hybridized carbons (Fsp3) is 0.143. The Morgan fingerprint density at radius 2 is 2.11 bits per heavy atom. The van der Waals surface area contributed by atoms with Crippen LogP contribution in [0.2, 0.25) is 5.02 Å². The lowest BCUT2D eigenvalue weighted by atomic mass is 10.2. The van der Waals surface area contributed by atoms with E-state index in [-0.39, 0.29) is 5.91 Å². The van der Waals surface area contributed by atoms with Gasteiger partial charge >= 0.3 is 0 Å². The minimum atomic E-state index is -0.122. The van der Waals surface area contributed by atoms with Crippen LogP contribution in [0.15, 0.2) is 47.2 Å². The molecule has 1 amide bonds. The number of carbonyl (C=O) groups excluding carboxylic acids is 1. The van der Waals surface area contributed by atoms with Gasteiger partial charge in [0.05, 0.1) is 10.6 Å². The minimum absolute atomic E-state index is 0.122. The predicted octanol–water partition coefficient (Wildman–Crippen LogP) is 3.77. The maximum Gasteiger partial charge on any atom is 0.255 e. The summed E-state index contributed by atoms with van der Waals surface area (Å²) < 4.78 is 0.982.